The molecule has 90 valence electrons. The molecule has 1 aromatic carbocycles. The van der Waals surface area contributed by atoms with Crippen LogP contribution < -0.4 is 10.1 Å². The molecule has 1 rings (SSSR count). The van der Waals surface area contributed by atoms with Crippen molar-refractivity contribution in [1.82, 2.24) is 0 Å². The number of aliphatic hydroxyl groups is 2. The Morgan fingerprint density at radius 3 is 2.56 bits per heavy atom. The highest BCUT2D eigenvalue weighted by atomic mass is 19.1. The SMILES string of the molecule is CCOc1ccc(NC(CO)CO)cc1F. The van der Waals surface area contributed by atoms with E-state index < -0.39 is 11.9 Å². The minimum absolute atomic E-state index is 0.192. The molecule has 0 saturated carbocycles. The van der Waals surface area contributed by atoms with Gasteiger partial charge in [-0.3, -0.25) is 0 Å². The maximum Gasteiger partial charge on any atom is 0.167 e. The van der Waals surface area contributed by atoms with Crippen molar-refractivity contribution in [3.8, 4) is 5.75 Å². The van der Waals surface area contributed by atoms with Gasteiger partial charge in [-0.15, -0.1) is 0 Å². The molecule has 1 aromatic rings. The zero-order chi connectivity index (χ0) is 12.0. The number of hydrogen-bond donors (Lipinski definition) is 3. The van der Waals surface area contributed by atoms with Gasteiger partial charge in [-0.25, -0.2) is 4.39 Å². The van der Waals surface area contributed by atoms with Crippen LogP contribution in [-0.4, -0.2) is 36.1 Å². The van der Waals surface area contributed by atoms with Gasteiger partial charge in [0.05, 0.1) is 25.9 Å². The molecular weight excluding hydrogens is 213 g/mol. The molecule has 0 atom stereocenters. The molecule has 4 nitrogen and oxygen atoms in total. The number of aliphatic hydroxyl groups excluding tert-OH is 2. The van der Waals surface area contributed by atoms with E-state index >= 15 is 0 Å². The third-order valence-electron chi connectivity index (χ3n) is 2.04. The molecule has 0 aliphatic carbocycles. The van der Waals surface area contributed by atoms with Crippen LogP contribution in [0.2, 0.25) is 0 Å². The van der Waals surface area contributed by atoms with E-state index in [9.17, 15) is 4.39 Å². The Morgan fingerprint density at radius 2 is 2.06 bits per heavy atom. The molecule has 5 heteroatoms. The molecule has 3 N–H and O–H groups in total. The normalized spacial score (nSPS) is 10.6. The highest BCUT2D eigenvalue weighted by molar-refractivity contribution is 5.48. The van der Waals surface area contributed by atoms with Crippen LogP contribution in [0.5, 0.6) is 5.75 Å². The van der Waals surface area contributed by atoms with Gasteiger partial charge >= 0.3 is 0 Å². The van der Waals surface area contributed by atoms with Gasteiger partial charge in [0, 0.05) is 11.8 Å². The van der Waals surface area contributed by atoms with Crippen molar-refractivity contribution in [3.05, 3.63) is 24.0 Å². The highest BCUT2D eigenvalue weighted by Gasteiger charge is 2.08. The lowest BCUT2D eigenvalue weighted by Crippen LogP contribution is -2.27. The molecular formula is C11H16FNO3. The van der Waals surface area contributed by atoms with Gasteiger partial charge in [0.15, 0.2) is 11.6 Å². The van der Waals surface area contributed by atoms with E-state index in [1.165, 1.54) is 12.1 Å². The van der Waals surface area contributed by atoms with Crippen LogP contribution in [0.25, 0.3) is 0 Å². The number of rotatable bonds is 6. The highest BCUT2D eigenvalue weighted by Crippen LogP contribution is 2.21. The van der Waals surface area contributed by atoms with Crippen LogP contribution in [0.3, 0.4) is 0 Å². The molecule has 0 aliphatic heterocycles. The fraction of sp³-hybridized carbons (Fsp3) is 0.455. The first-order valence-electron chi connectivity index (χ1n) is 5.11. The van der Waals surface area contributed by atoms with Crippen LogP contribution in [0, 0.1) is 5.82 Å². The van der Waals surface area contributed by atoms with Gasteiger partial charge in [0.25, 0.3) is 0 Å². The molecule has 0 spiro atoms. The smallest absolute Gasteiger partial charge is 0.167 e. The first-order chi connectivity index (χ1) is 7.71. The monoisotopic (exact) mass is 229 g/mol. The van der Waals surface area contributed by atoms with Gasteiger partial charge in [0.1, 0.15) is 0 Å². The van der Waals surface area contributed by atoms with E-state index in [2.05, 4.69) is 5.32 Å². The van der Waals surface area contributed by atoms with Gasteiger partial charge in [0.2, 0.25) is 0 Å². The lowest BCUT2D eigenvalue weighted by atomic mass is 10.2. The van der Waals surface area contributed by atoms with E-state index in [1.54, 1.807) is 13.0 Å². The van der Waals surface area contributed by atoms with Crippen LogP contribution in [-0.2, 0) is 0 Å². The van der Waals surface area contributed by atoms with Gasteiger partial charge < -0.3 is 20.3 Å². The molecule has 0 radical (unpaired) electrons. The third kappa shape index (κ3) is 3.36. The lowest BCUT2D eigenvalue weighted by Gasteiger charge is -2.15. The summed E-state index contributed by atoms with van der Waals surface area (Å²) in [4.78, 5) is 0. The first kappa shape index (κ1) is 12.7. The van der Waals surface area contributed by atoms with Crippen LogP contribution >= 0.6 is 0 Å². The van der Waals surface area contributed by atoms with Gasteiger partial charge in [-0.1, -0.05) is 0 Å². The second kappa shape index (κ2) is 6.30. The van der Waals surface area contributed by atoms with E-state index in [0.29, 0.717) is 12.3 Å². The predicted molar refractivity (Wildman–Crippen MR) is 59.2 cm³/mol. The molecule has 0 aliphatic rings. The zero-order valence-electron chi connectivity index (χ0n) is 9.11. The topological polar surface area (TPSA) is 61.7 Å². The number of halogens is 1. The first-order valence-corrected chi connectivity index (χ1v) is 5.11. The number of ether oxygens (including phenoxy) is 1. The number of benzene rings is 1. The summed E-state index contributed by atoms with van der Waals surface area (Å²) >= 11 is 0. The Morgan fingerprint density at radius 1 is 1.38 bits per heavy atom. The molecule has 0 bridgehead atoms. The summed E-state index contributed by atoms with van der Waals surface area (Å²) in [6, 6.07) is 3.92. The summed E-state index contributed by atoms with van der Waals surface area (Å²) in [6.07, 6.45) is 0. The van der Waals surface area contributed by atoms with Crippen molar-refractivity contribution < 1.29 is 19.3 Å². The molecule has 16 heavy (non-hydrogen) atoms. The van der Waals surface area contributed by atoms with Crippen molar-refractivity contribution in [3.63, 3.8) is 0 Å². The summed E-state index contributed by atoms with van der Waals surface area (Å²) in [7, 11) is 0. The number of anilines is 1. The number of nitrogens with one attached hydrogen (secondary N) is 1. The summed E-state index contributed by atoms with van der Waals surface area (Å²) in [5.41, 5.74) is 0.494. The van der Waals surface area contributed by atoms with Crippen molar-refractivity contribution in [1.29, 1.82) is 0 Å². The lowest BCUT2D eigenvalue weighted by molar-refractivity contribution is 0.204. The maximum absolute atomic E-state index is 13.4. The van der Waals surface area contributed by atoms with Crippen molar-refractivity contribution in [2.24, 2.45) is 0 Å². The molecule has 0 unspecified atom stereocenters. The Bertz CT molecular complexity index is 329. The van der Waals surface area contributed by atoms with Gasteiger partial charge in [-0.2, -0.15) is 0 Å². The molecule has 0 aromatic heterocycles. The standard InChI is InChI=1S/C11H16FNO3/c1-2-16-11-4-3-8(5-10(11)12)13-9(6-14)7-15/h3-5,9,13-15H,2,6-7H2,1H3. The average Bonchev–Trinajstić information content (AvgIpc) is 2.29. The quantitative estimate of drug-likeness (QED) is 0.680. The number of hydrogen-bond acceptors (Lipinski definition) is 4. The van der Waals surface area contributed by atoms with Crippen LogP contribution in [0.1, 0.15) is 6.92 Å². The third-order valence-corrected chi connectivity index (χ3v) is 2.04. The fourth-order valence-corrected chi connectivity index (χ4v) is 1.25. The predicted octanol–water partition coefficient (Wildman–Crippen LogP) is 0.989. The fourth-order valence-electron chi connectivity index (χ4n) is 1.25. The zero-order valence-corrected chi connectivity index (χ0v) is 9.11. The summed E-state index contributed by atoms with van der Waals surface area (Å²) in [6.45, 7) is 1.75. The Labute approximate surface area is 93.7 Å². The van der Waals surface area contributed by atoms with Crippen molar-refractivity contribution >= 4 is 5.69 Å². The average molecular weight is 229 g/mol. The Kier molecular flexibility index (Phi) is 5.01. The maximum atomic E-state index is 13.4. The molecule has 0 heterocycles. The Hall–Kier alpha value is -1.33. The molecule has 0 amide bonds. The minimum Gasteiger partial charge on any atom is -0.491 e. The summed E-state index contributed by atoms with van der Waals surface area (Å²) in [5.74, 6) is -0.279. The molecule has 0 fully saturated rings. The van der Waals surface area contributed by atoms with Crippen molar-refractivity contribution in [2.75, 3.05) is 25.1 Å². The largest absolute Gasteiger partial charge is 0.491 e. The Balaban J connectivity index is 2.72. The summed E-state index contributed by atoms with van der Waals surface area (Å²) < 4.78 is 18.5. The van der Waals surface area contributed by atoms with Crippen LogP contribution in [0.15, 0.2) is 18.2 Å². The van der Waals surface area contributed by atoms with E-state index in [-0.39, 0.29) is 19.0 Å². The summed E-state index contributed by atoms with van der Waals surface area (Å²) in [5, 5.41) is 20.5. The van der Waals surface area contributed by atoms with E-state index in [4.69, 9.17) is 14.9 Å². The molecule has 0 saturated heterocycles. The van der Waals surface area contributed by atoms with Crippen LogP contribution in [0.4, 0.5) is 10.1 Å². The van der Waals surface area contributed by atoms with Gasteiger partial charge in [-0.05, 0) is 19.1 Å². The second-order valence-corrected chi connectivity index (χ2v) is 3.28. The minimum atomic E-state index is -0.489. The van der Waals surface area contributed by atoms with E-state index in [0.717, 1.165) is 0 Å². The van der Waals surface area contributed by atoms with Crippen molar-refractivity contribution in [2.45, 2.75) is 13.0 Å². The van der Waals surface area contributed by atoms with E-state index in [1.807, 2.05) is 0 Å². The second-order valence-electron chi connectivity index (χ2n) is 3.28.